The lowest BCUT2D eigenvalue weighted by atomic mass is 10.3. The Morgan fingerprint density at radius 1 is 0.947 bits per heavy atom. The smallest absolute Gasteiger partial charge is 0.378 e. The second-order valence-electron chi connectivity index (χ2n) is 4.30. The normalized spacial score (nSPS) is 11.6. The predicted octanol–water partition coefficient (Wildman–Crippen LogP) is 2.01. The average Bonchev–Trinajstić information content (AvgIpc) is 2.39. The van der Waals surface area contributed by atoms with Gasteiger partial charge in [0.15, 0.2) is 0 Å². The summed E-state index contributed by atoms with van der Waals surface area (Å²) in [7, 11) is 1.26. The highest BCUT2D eigenvalue weighted by molar-refractivity contribution is 6.75. The first-order chi connectivity index (χ1) is 9.09. The van der Waals surface area contributed by atoms with Gasteiger partial charge in [0.2, 0.25) is 0 Å². The number of nitrogens with zero attached hydrogens (tertiary/aromatic N) is 1. The summed E-state index contributed by atoms with van der Waals surface area (Å²) in [5.41, 5.74) is 1.12. The number of hydrogen-bond donors (Lipinski definition) is 0. The van der Waals surface area contributed by atoms with E-state index in [1.54, 1.807) is 0 Å². The van der Waals surface area contributed by atoms with Gasteiger partial charge in [-0.15, -0.1) is 0 Å². The second kappa shape index (κ2) is 7.64. The van der Waals surface area contributed by atoms with Gasteiger partial charge < -0.3 is 18.2 Å². The molecular weight excluding hydrogens is 258 g/mol. The summed E-state index contributed by atoms with van der Waals surface area (Å²) in [6.07, 6.45) is 0. The Morgan fingerprint density at radius 3 is 1.89 bits per heavy atom. The molecule has 1 aromatic rings. The molecule has 0 spiro atoms. The lowest BCUT2D eigenvalue weighted by molar-refractivity contribution is 0.0859. The van der Waals surface area contributed by atoms with E-state index in [-0.39, 0.29) is 0 Å². The number of rotatable bonds is 8. The molecule has 19 heavy (non-hydrogen) atoms. The fourth-order valence-corrected chi connectivity index (χ4v) is 4.43. The minimum absolute atomic E-state index is 0.582. The van der Waals surface area contributed by atoms with Crippen LogP contribution in [0.1, 0.15) is 20.8 Å². The summed E-state index contributed by atoms with van der Waals surface area (Å²) in [5.74, 6) is 0. The first-order valence-corrected chi connectivity index (χ1v) is 8.51. The lowest BCUT2D eigenvalue weighted by Crippen LogP contribution is -2.57. The number of benzene rings is 1. The summed E-state index contributed by atoms with van der Waals surface area (Å²) in [5, 5.41) is 1.02. The highest BCUT2D eigenvalue weighted by Crippen LogP contribution is 2.15. The van der Waals surface area contributed by atoms with Crippen molar-refractivity contribution in [1.82, 2.24) is 0 Å². The summed E-state index contributed by atoms with van der Waals surface area (Å²) in [6, 6.07) is 8.20. The van der Waals surface area contributed by atoms with Gasteiger partial charge in [-0.05, 0) is 32.9 Å². The van der Waals surface area contributed by atoms with Gasteiger partial charge in [-0.3, -0.25) is 0 Å². The third-order valence-corrected chi connectivity index (χ3v) is 5.74. The van der Waals surface area contributed by atoms with Crippen LogP contribution in [-0.2, 0) is 13.3 Å². The van der Waals surface area contributed by atoms with Crippen LogP contribution in [0.2, 0.25) is 0 Å². The highest BCUT2D eigenvalue weighted by atomic mass is 28.4. The van der Waals surface area contributed by atoms with Crippen LogP contribution in [0.5, 0.6) is 0 Å². The molecule has 0 fully saturated rings. The maximum Gasteiger partial charge on any atom is 0.537 e. The molecule has 0 aromatic heterocycles. The van der Waals surface area contributed by atoms with Crippen LogP contribution >= 0.6 is 0 Å². The summed E-state index contributed by atoms with van der Waals surface area (Å²) in [4.78, 5) is 2.06. The van der Waals surface area contributed by atoms with E-state index in [0.717, 1.165) is 10.9 Å². The van der Waals surface area contributed by atoms with E-state index in [4.69, 9.17) is 13.3 Å². The quantitative estimate of drug-likeness (QED) is 0.683. The fraction of sp³-hybridized carbons (Fsp3) is 0.571. The molecule has 0 radical (unpaired) electrons. The molecule has 0 aliphatic rings. The van der Waals surface area contributed by atoms with Gasteiger partial charge in [0.1, 0.15) is 0 Å². The Kier molecular flexibility index (Phi) is 6.51. The van der Waals surface area contributed by atoms with Crippen LogP contribution in [0.3, 0.4) is 0 Å². The van der Waals surface area contributed by atoms with E-state index in [2.05, 4.69) is 17.0 Å². The molecule has 0 saturated carbocycles. The SMILES string of the molecule is CCO[Si](OCC)(OCC)c1cccc(N(C)C)c1. The number of hydrogen-bond acceptors (Lipinski definition) is 4. The van der Waals surface area contributed by atoms with E-state index in [0.29, 0.717) is 19.8 Å². The van der Waals surface area contributed by atoms with Gasteiger partial charge in [0, 0.05) is 44.8 Å². The Morgan fingerprint density at radius 2 is 1.47 bits per heavy atom. The molecule has 0 amide bonds. The Labute approximate surface area is 117 Å². The van der Waals surface area contributed by atoms with Crippen LogP contribution in [-0.4, -0.2) is 42.7 Å². The molecule has 108 valence electrons. The van der Waals surface area contributed by atoms with E-state index < -0.39 is 8.80 Å². The first-order valence-electron chi connectivity index (χ1n) is 6.79. The molecule has 5 heteroatoms. The van der Waals surface area contributed by atoms with Crippen LogP contribution in [0, 0.1) is 0 Å². The zero-order chi connectivity index (χ0) is 14.3. The monoisotopic (exact) mass is 283 g/mol. The average molecular weight is 283 g/mol. The summed E-state index contributed by atoms with van der Waals surface area (Å²) in [6.45, 7) is 7.65. The van der Waals surface area contributed by atoms with Crippen molar-refractivity contribution in [2.75, 3.05) is 38.8 Å². The van der Waals surface area contributed by atoms with Gasteiger partial charge >= 0.3 is 8.80 Å². The lowest BCUT2D eigenvalue weighted by Gasteiger charge is -2.29. The zero-order valence-electron chi connectivity index (χ0n) is 12.6. The minimum atomic E-state index is -2.78. The summed E-state index contributed by atoms with van der Waals surface area (Å²) < 4.78 is 17.7. The topological polar surface area (TPSA) is 30.9 Å². The predicted molar refractivity (Wildman–Crippen MR) is 81.0 cm³/mol. The van der Waals surface area contributed by atoms with Gasteiger partial charge in [0.25, 0.3) is 0 Å². The van der Waals surface area contributed by atoms with E-state index >= 15 is 0 Å². The van der Waals surface area contributed by atoms with Crippen molar-refractivity contribution in [3.63, 3.8) is 0 Å². The Balaban J connectivity index is 3.17. The fourth-order valence-electron chi connectivity index (χ4n) is 1.92. The van der Waals surface area contributed by atoms with Crippen LogP contribution in [0.15, 0.2) is 24.3 Å². The molecule has 1 aromatic carbocycles. The van der Waals surface area contributed by atoms with Crippen molar-refractivity contribution in [2.45, 2.75) is 20.8 Å². The molecule has 4 nitrogen and oxygen atoms in total. The third-order valence-electron chi connectivity index (χ3n) is 2.72. The highest BCUT2D eigenvalue weighted by Gasteiger charge is 2.43. The van der Waals surface area contributed by atoms with Crippen LogP contribution in [0.25, 0.3) is 0 Å². The first kappa shape index (κ1) is 16.2. The van der Waals surface area contributed by atoms with Crippen LogP contribution < -0.4 is 10.1 Å². The molecular formula is C14H25NO3Si. The van der Waals surface area contributed by atoms with Crippen molar-refractivity contribution >= 4 is 19.7 Å². The van der Waals surface area contributed by atoms with Gasteiger partial charge in [-0.25, -0.2) is 0 Å². The third kappa shape index (κ3) is 4.04. The van der Waals surface area contributed by atoms with E-state index in [9.17, 15) is 0 Å². The minimum Gasteiger partial charge on any atom is -0.378 e. The number of anilines is 1. The van der Waals surface area contributed by atoms with Crippen LogP contribution in [0.4, 0.5) is 5.69 Å². The van der Waals surface area contributed by atoms with Gasteiger partial charge in [-0.1, -0.05) is 12.1 Å². The molecule has 0 aliphatic carbocycles. The van der Waals surface area contributed by atoms with Crippen molar-refractivity contribution in [2.24, 2.45) is 0 Å². The molecule has 0 atom stereocenters. The molecule has 1 rings (SSSR count). The largest absolute Gasteiger partial charge is 0.537 e. The maximum atomic E-state index is 5.91. The van der Waals surface area contributed by atoms with E-state index in [1.165, 1.54) is 0 Å². The Hall–Kier alpha value is -0.883. The maximum absolute atomic E-state index is 5.91. The molecule has 0 unspecified atom stereocenters. The molecule has 0 saturated heterocycles. The van der Waals surface area contributed by atoms with Crippen molar-refractivity contribution in [3.05, 3.63) is 24.3 Å². The molecule has 0 bridgehead atoms. The van der Waals surface area contributed by atoms with E-state index in [1.807, 2.05) is 47.0 Å². The molecule has 0 aliphatic heterocycles. The van der Waals surface area contributed by atoms with Crippen molar-refractivity contribution in [3.8, 4) is 0 Å². The molecule has 0 N–H and O–H groups in total. The zero-order valence-corrected chi connectivity index (χ0v) is 13.6. The molecule has 0 heterocycles. The van der Waals surface area contributed by atoms with Gasteiger partial charge in [0.05, 0.1) is 0 Å². The van der Waals surface area contributed by atoms with Crippen molar-refractivity contribution < 1.29 is 13.3 Å². The second-order valence-corrected chi connectivity index (χ2v) is 6.86. The summed E-state index contributed by atoms with van der Waals surface area (Å²) >= 11 is 0. The van der Waals surface area contributed by atoms with Gasteiger partial charge in [-0.2, -0.15) is 0 Å². The Bertz CT molecular complexity index is 368. The van der Waals surface area contributed by atoms with Crippen molar-refractivity contribution in [1.29, 1.82) is 0 Å². The standard InChI is InChI=1S/C14H25NO3Si/c1-6-16-19(17-7-2,18-8-3)14-11-9-10-13(12-14)15(4)5/h9-12H,6-8H2,1-5H3.